The number of carbonyl (C=O) groups is 1. The number of sulfonamides is 1. The topological polar surface area (TPSA) is 66.5 Å². The van der Waals surface area contributed by atoms with Gasteiger partial charge in [0.15, 0.2) is 0 Å². The Bertz CT molecular complexity index is 633. The molecular formula is C17H28N2O3S2. The Balaban J connectivity index is 1.94. The zero-order valence-corrected chi connectivity index (χ0v) is 16.4. The van der Waals surface area contributed by atoms with Gasteiger partial charge in [-0.15, -0.1) is 11.3 Å². The molecule has 5 nitrogen and oxygen atoms in total. The van der Waals surface area contributed by atoms with Crippen LogP contribution >= 0.6 is 11.3 Å². The molecule has 0 bridgehead atoms. The Kier molecular flexibility index (Phi) is 6.45. The van der Waals surface area contributed by atoms with Gasteiger partial charge < -0.3 is 5.32 Å². The fourth-order valence-electron chi connectivity index (χ4n) is 3.03. The number of hydrogen-bond donors (Lipinski definition) is 1. The Labute approximate surface area is 149 Å². The Hall–Kier alpha value is -0.920. The molecule has 2 rings (SSSR count). The Morgan fingerprint density at radius 2 is 2.12 bits per heavy atom. The third kappa shape index (κ3) is 5.29. The molecule has 1 aliphatic rings. The van der Waals surface area contributed by atoms with E-state index in [9.17, 15) is 13.2 Å². The zero-order chi connectivity index (χ0) is 17.8. The predicted octanol–water partition coefficient (Wildman–Crippen LogP) is 3.23. The van der Waals surface area contributed by atoms with E-state index in [1.165, 1.54) is 11.3 Å². The number of amides is 1. The van der Waals surface area contributed by atoms with Crippen molar-refractivity contribution >= 4 is 27.3 Å². The van der Waals surface area contributed by atoms with Gasteiger partial charge in [-0.25, -0.2) is 8.42 Å². The van der Waals surface area contributed by atoms with Crippen molar-refractivity contribution < 1.29 is 13.2 Å². The van der Waals surface area contributed by atoms with Crippen molar-refractivity contribution in [2.75, 3.05) is 13.1 Å². The van der Waals surface area contributed by atoms with Gasteiger partial charge in [-0.1, -0.05) is 33.3 Å². The molecule has 0 aromatic carbocycles. The first-order valence-electron chi connectivity index (χ1n) is 8.52. The van der Waals surface area contributed by atoms with Crippen LogP contribution < -0.4 is 5.32 Å². The molecule has 1 atom stereocenters. The number of nitrogens with one attached hydrogen (secondary N) is 1. The summed E-state index contributed by atoms with van der Waals surface area (Å²) in [4.78, 5) is 11.9. The second kappa shape index (κ2) is 7.97. The summed E-state index contributed by atoms with van der Waals surface area (Å²) in [6, 6.07) is 3.40. The van der Waals surface area contributed by atoms with Crippen LogP contribution in [-0.2, 0) is 14.8 Å². The molecule has 24 heavy (non-hydrogen) atoms. The lowest BCUT2D eigenvalue weighted by atomic mass is 9.92. The van der Waals surface area contributed by atoms with E-state index in [0.717, 1.165) is 19.3 Å². The Morgan fingerprint density at radius 1 is 1.38 bits per heavy atom. The van der Waals surface area contributed by atoms with Gasteiger partial charge in [0, 0.05) is 25.6 Å². The molecule has 0 saturated carbocycles. The van der Waals surface area contributed by atoms with Crippen molar-refractivity contribution in [1.29, 1.82) is 0 Å². The fourth-order valence-corrected chi connectivity index (χ4v) is 5.87. The summed E-state index contributed by atoms with van der Waals surface area (Å²) >= 11 is 1.26. The van der Waals surface area contributed by atoms with E-state index < -0.39 is 10.0 Å². The van der Waals surface area contributed by atoms with Crippen molar-refractivity contribution in [3.8, 4) is 0 Å². The minimum atomic E-state index is -3.41. The molecule has 1 fully saturated rings. The number of thiophene rings is 1. The summed E-state index contributed by atoms with van der Waals surface area (Å²) in [7, 11) is -3.41. The summed E-state index contributed by atoms with van der Waals surface area (Å²) in [5, 5.41) is 4.73. The third-order valence-corrected chi connectivity index (χ3v) is 7.45. The highest BCUT2D eigenvalue weighted by atomic mass is 32.2. The van der Waals surface area contributed by atoms with Crippen LogP contribution in [0.1, 0.15) is 52.9 Å². The van der Waals surface area contributed by atoms with Crippen molar-refractivity contribution in [1.82, 2.24) is 9.62 Å². The average Bonchev–Trinajstić information content (AvgIpc) is 3.00. The SMILES string of the molecule is CC(C)(C)CC(=O)NCCC1CCCCN1S(=O)(=O)c1cccs1. The van der Waals surface area contributed by atoms with Crippen molar-refractivity contribution in [2.45, 2.75) is 63.1 Å². The highest BCUT2D eigenvalue weighted by Gasteiger charge is 2.33. The summed E-state index contributed by atoms with van der Waals surface area (Å²) in [6.45, 7) is 7.19. The third-order valence-electron chi connectivity index (χ3n) is 4.12. The van der Waals surface area contributed by atoms with Crippen LogP contribution in [0.3, 0.4) is 0 Å². The van der Waals surface area contributed by atoms with Gasteiger partial charge in [-0.3, -0.25) is 4.79 Å². The summed E-state index contributed by atoms with van der Waals surface area (Å²) in [5.41, 5.74) is -0.0382. The first-order chi connectivity index (χ1) is 11.2. The standard InChI is InChI=1S/C17H28N2O3S2/c1-17(2,3)13-15(20)18-10-9-14-7-4-5-11-19(14)24(21,22)16-8-6-12-23-16/h6,8,12,14H,4-5,7,9-11,13H2,1-3H3,(H,18,20). The van der Waals surface area contributed by atoms with Crippen LogP contribution in [-0.4, -0.2) is 37.8 Å². The molecule has 1 saturated heterocycles. The fraction of sp³-hybridized carbons (Fsp3) is 0.706. The molecular weight excluding hydrogens is 344 g/mol. The van der Waals surface area contributed by atoms with E-state index in [-0.39, 0.29) is 17.4 Å². The molecule has 136 valence electrons. The quantitative estimate of drug-likeness (QED) is 0.834. The molecule has 0 spiro atoms. The largest absolute Gasteiger partial charge is 0.356 e. The molecule has 1 N–H and O–H groups in total. The van der Waals surface area contributed by atoms with E-state index in [4.69, 9.17) is 0 Å². The second-order valence-corrected chi connectivity index (χ2v) is 10.6. The van der Waals surface area contributed by atoms with Gasteiger partial charge in [-0.05, 0) is 36.1 Å². The van der Waals surface area contributed by atoms with Crippen LogP contribution in [0, 0.1) is 5.41 Å². The Morgan fingerprint density at radius 3 is 2.75 bits per heavy atom. The van der Waals surface area contributed by atoms with Crippen LogP contribution in [0.4, 0.5) is 0 Å². The van der Waals surface area contributed by atoms with E-state index in [2.05, 4.69) is 5.32 Å². The van der Waals surface area contributed by atoms with Gasteiger partial charge in [-0.2, -0.15) is 4.31 Å². The van der Waals surface area contributed by atoms with Crippen LogP contribution in [0.15, 0.2) is 21.7 Å². The molecule has 0 radical (unpaired) electrons. The summed E-state index contributed by atoms with van der Waals surface area (Å²) in [6.07, 6.45) is 3.95. The molecule has 1 aromatic rings. The van der Waals surface area contributed by atoms with Crippen molar-refractivity contribution in [3.63, 3.8) is 0 Å². The van der Waals surface area contributed by atoms with Crippen LogP contribution in [0.2, 0.25) is 0 Å². The molecule has 7 heteroatoms. The van der Waals surface area contributed by atoms with Gasteiger partial charge in [0.05, 0.1) is 0 Å². The van der Waals surface area contributed by atoms with Gasteiger partial charge in [0.25, 0.3) is 10.0 Å². The van der Waals surface area contributed by atoms with Crippen LogP contribution in [0.5, 0.6) is 0 Å². The van der Waals surface area contributed by atoms with E-state index >= 15 is 0 Å². The second-order valence-electron chi connectivity index (χ2n) is 7.57. The van der Waals surface area contributed by atoms with Gasteiger partial charge >= 0.3 is 0 Å². The van der Waals surface area contributed by atoms with E-state index in [0.29, 0.717) is 30.1 Å². The number of carbonyl (C=O) groups excluding carboxylic acids is 1. The van der Waals surface area contributed by atoms with E-state index in [1.54, 1.807) is 21.8 Å². The maximum absolute atomic E-state index is 12.8. The smallest absolute Gasteiger partial charge is 0.252 e. The van der Waals surface area contributed by atoms with Crippen LogP contribution in [0.25, 0.3) is 0 Å². The maximum Gasteiger partial charge on any atom is 0.252 e. The molecule has 1 amide bonds. The monoisotopic (exact) mass is 372 g/mol. The number of nitrogens with zero attached hydrogens (tertiary/aromatic N) is 1. The molecule has 1 aliphatic heterocycles. The minimum absolute atomic E-state index is 0.0270. The maximum atomic E-state index is 12.8. The number of rotatable bonds is 6. The summed E-state index contributed by atoms with van der Waals surface area (Å²) < 4.78 is 27.6. The lowest BCUT2D eigenvalue weighted by molar-refractivity contribution is -0.122. The first-order valence-corrected chi connectivity index (χ1v) is 10.8. The lowest BCUT2D eigenvalue weighted by Crippen LogP contribution is -2.45. The highest BCUT2D eigenvalue weighted by molar-refractivity contribution is 7.91. The normalized spacial score (nSPS) is 20.0. The average molecular weight is 373 g/mol. The molecule has 1 unspecified atom stereocenters. The minimum Gasteiger partial charge on any atom is -0.356 e. The molecule has 2 heterocycles. The lowest BCUT2D eigenvalue weighted by Gasteiger charge is -2.34. The molecule has 1 aromatic heterocycles. The van der Waals surface area contributed by atoms with Gasteiger partial charge in [0.2, 0.25) is 5.91 Å². The number of hydrogen-bond acceptors (Lipinski definition) is 4. The van der Waals surface area contributed by atoms with Crippen molar-refractivity contribution in [2.24, 2.45) is 5.41 Å². The molecule has 0 aliphatic carbocycles. The summed E-state index contributed by atoms with van der Waals surface area (Å²) in [5.74, 6) is 0.0333. The highest BCUT2D eigenvalue weighted by Crippen LogP contribution is 2.29. The van der Waals surface area contributed by atoms with Gasteiger partial charge in [0.1, 0.15) is 4.21 Å². The zero-order valence-electron chi connectivity index (χ0n) is 14.7. The first kappa shape index (κ1) is 19.4. The number of piperidine rings is 1. The van der Waals surface area contributed by atoms with Crippen molar-refractivity contribution in [3.05, 3.63) is 17.5 Å². The predicted molar refractivity (Wildman–Crippen MR) is 97.5 cm³/mol. The van der Waals surface area contributed by atoms with E-state index in [1.807, 2.05) is 20.8 Å².